The zero-order valence-electron chi connectivity index (χ0n) is 12.2. The first kappa shape index (κ1) is 15.9. The largest absolute Gasteiger partial charge is 0.298 e. The van der Waals surface area contributed by atoms with Gasteiger partial charge < -0.3 is 0 Å². The second-order valence-corrected chi connectivity index (χ2v) is 10.6. The van der Waals surface area contributed by atoms with E-state index in [2.05, 4.69) is 58.0 Å². The van der Waals surface area contributed by atoms with Gasteiger partial charge in [-0.3, -0.25) is 4.90 Å². The molecule has 1 nitrogen and oxygen atoms in total. The standard InChI is InChI=1S/C14H31NSi/c1-8-13(4)15(14(5)9-2)11-12-16(6,7)10-3/h10,13-14H,3,8-9,11-12H2,1-2,4-7H3. The fraction of sp³-hybridized carbons (Fsp3) is 0.857. The topological polar surface area (TPSA) is 3.24 Å². The van der Waals surface area contributed by atoms with Crippen LogP contribution in [0.25, 0.3) is 0 Å². The summed E-state index contributed by atoms with van der Waals surface area (Å²) in [4.78, 5) is 2.68. The lowest BCUT2D eigenvalue weighted by Gasteiger charge is -2.35. The summed E-state index contributed by atoms with van der Waals surface area (Å²) in [7, 11) is -1.14. The van der Waals surface area contributed by atoms with Crippen molar-refractivity contribution in [1.29, 1.82) is 0 Å². The molecule has 0 aliphatic carbocycles. The van der Waals surface area contributed by atoms with Gasteiger partial charge in [0.25, 0.3) is 0 Å². The number of rotatable bonds is 8. The minimum Gasteiger partial charge on any atom is -0.298 e. The third kappa shape index (κ3) is 5.31. The molecule has 0 saturated heterocycles. The van der Waals surface area contributed by atoms with Gasteiger partial charge in [0.15, 0.2) is 0 Å². The summed E-state index contributed by atoms with van der Waals surface area (Å²) in [6, 6.07) is 2.76. The second-order valence-electron chi connectivity index (χ2n) is 5.70. The molecule has 0 spiro atoms. The highest BCUT2D eigenvalue weighted by molar-refractivity contribution is 6.82. The van der Waals surface area contributed by atoms with Gasteiger partial charge >= 0.3 is 0 Å². The number of nitrogens with zero attached hydrogens (tertiary/aromatic N) is 1. The maximum absolute atomic E-state index is 3.98. The lowest BCUT2D eigenvalue weighted by molar-refractivity contribution is 0.154. The smallest absolute Gasteiger partial charge is 0.0722 e. The third-order valence-corrected chi connectivity index (χ3v) is 6.50. The van der Waals surface area contributed by atoms with Crippen molar-refractivity contribution < 1.29 is 0 Å². The van der Waals surface area contributed by atoms with Crippen molar-refractivity contribution in [3.05, 3.63) is 12.3 Å². The van der Waals surface area contributed by atoms with Crippen LogP contribution in [0, 0.1) is 0 Å². The summed E-state index contributed by atoms with van der Waals surface area (Å²) in [5.74, 6) is 0. The second kappa shape index (κ2) is 7.28. The van der Waals surface area contributed by atoms with Crippen molar-refractivity contribution in [3.63, 3.8) is 0 Å². The molecule has 16 heavy (non-hydrogen) atoms. The van der Waals surface area contributed by atoms with Crippen LogP contribution in [0.4, 0.5) is 0 Å². The molecular weight excluding hydrogens is 210 g/mol. The molecule has 0 saturated carbocycles. The van der Waals surface area contributed by atoms with Crippen LogP contribution in [-0.4, -0.2) is 31.6 Å². The van der Waals surface area contributed by atoms with Crippen molar-refractivity contribution in [2.75, 3.05) is 6.54 Å². The number of hydrogen-bond donors (Lipinski definition) is 0. The summed E-state index contributed by atoms with van der Waals surface area (Å²) in [6.45, 7) is 19.3. The Morgan fingerprint density at radius 2 is 1.56 bits per heavy atom. The van der Waals surface area contributed by atoms with Gasteiger partial charge in [-0.2, -0.15) is 0 Å². The lowest BCUT2D eigenvalue weighted by atomic mass is 10.1. The molecule has 0 bridgehead atoms. The van der Waals surface area contributed by atoms with E-state index in [1.165, 1.54) is 25.4 Å². The van der Waals surface area contributed by atoms with Gasteiger partial charge in [-0.15, -0.1) is 12.3 Å². The van der Waals surface area contributed by atoms with Gasteiger partial charge in [-0.05, 0) is 39.3 Å². The van der Waals surface area contributed by atoms with Crippen LogP contribution in [0.1, 0.15) is 40.5 Å². The van der Waals surface area contributed by atoms with Gasteiger partial charge in [0.05, 0.1) is 8.07 Å². The van der Waals surface area contributed by atoms with Crippen LogP contribution in [0.5, 0.6) is 0 Å². The number of hydrogen-bond acceptors (Lipinski definition) is 1. The predicted molar refractivity (Wildman–Crippen MR) is 78.7 cm³/mol. The normalized spacial score (nSPS) is 16.2. The Balaban J connectivity index is 4.38. The molecule has 2 atom stereocenters. The van der Waals surface area contributed by atoms with Crippen LogP contribution >= 0.6 is 0 Å². The Morgan fingerprint density at radius 3 is 1.88 bits per heavy atom. The molecule has 0 radical (unpaired) electrons. The summed E-state index contributed by atoms with van der Waals surface area (Å²) < 4.78 is 0. The Hall–Kier alpha value is -0.0831. The van der Waals surface area contributed by atoms with E-state index in [0.717, 1.165) is 0 Å². The van der Waals surface area contributed by atoms with Crippen molar-refractivity contribution >= 4 is 8.07 Å². The molecular formula is C14H31NSi. The average Bonchev–Trinajstić information content (AvgIpc) is 2.28. The van der Waals surface area contributed by atoms with Crippen molar-refractivity contribution in [2.24, 2.45) is 0 Å². The maximum Gasteiger partial charge on any atom is 0.0722 e. The minimum absolute atomic E-state index is 0.713. The fourth-order valence-electron chi connectivity index (χ4n) is 1.86. The van der Waals surface area contributed by atoms with Gasteiger partial charge in [-0.25, -0.2) is 0 Å². The van der Waals surface area contributed by atoms with Crippen molar-refractivity contribution in [3.8, 4) is 0 Å². The molecule has 0 N–H and O–H groups in total. The Kier molecular flexibility index (Phi) is 7.25. The van der Waals surface area contributed by atoms with Gasteiger partial charge in [-0.1, -0.05) is 26.9 Å². The summed E-state index contributed by atoms with van der Waals surface area (Å²) in [5.41, 5.74) is 2.22. The molecule has 2 heteroatoms. The molecule has 96 valence electrons. The van der Waals surface area contributed by atoms with Gasteiger partial charge in [0, 0.05) is 12.1 Å². The van der Waals surface area contributed by atoms with E-state index in [4.69, 9.17) is 0 Å². The summed E-state index contributed by atoms with van der Waals surface area (Å²) >= 11 is 0. The van der Waals surface area contributed by atoms with Crippen LogP contribution in [-0.2, 0) is 0 Å². The first-order valence-corrected chi connectivity index (χ1v) is 10.1. The predicted octanol–water partition coefficient (Wildman–Crippen LogP) is 4.32. The van der Waals surface area contributed by atoms with Crippen molar-refractivity contribution in [2.45, 2.75) is 71.8 Å². The van der Waals surface area contributed by atoms with E-state index >= 15 is 0 Å². The molecule has 0 aromatic rings. The highest BCUT2D eigenvalue weighted by atomic mass is 28.3. The quantitative estimate of drug-likeness (QED) is 0.572. The van der Waals surface area contributed by atoms with Gasteiger partial charge in [0.2, 0.25) is 0 Å². The first-order chi connectivity index (χ1) is 7.37. The van der Waals surface area contributed by atoms with E-state index < -0.39 is 8.07 Å². The molecule has 0 aliphatic heterocycles. The molecule has 0 fully saturated rings. The summed E-state index contributed by atoms with van der Waals surface area (Å²) in [5, 5.41) is 0. The molecule has 0 aliphatic rings. The van der Waals surface area contributed by atoms with Crippen LogP contribution in [0.15, 0.2) is 12.3 Å². The van der Waals surface area contributed by atoms with Gasteiger partial charge in [0.1, 0.15) is 0 Å². The zero-order valence-corrected chi connectivity index (χ0v) is 13.2. The van der Waals surface area contributed by atoms with Crippen LogP contribution in [0.2, 0.25) is 19.1 Å². The fourth-order valence-corrected chi connectivity index (χ4v) is 2.90. The van der Waals surface area contributed by atoms with Crippen LogP contribution < -0.4 is 0 Å². The molecule has 0 amide bonds. The van der Waals surface area contributed by atoms with E-state index in [0.29, 0.717) is 12.1 Å². The third-order valence-electron chi connectivity index (χ3n) is 3.88. The average molecular weight is 241 g/mol. The van der Waals surface area contributed by atoms with Crippen molar-refractivity contribution in [1.82, 2.24) is 4.90 Å². The zero-order chi connectivity index (χ0) is 12.8. The molecule has 0 aromatic carbocycles. The Labute approximate surface area is 104 Å². The first-order valence-electron chi connectivity index (χ1n) is 6.77. The van der Waals surface area contributed by atoms with E-state index in [1.807, 2.05) is 0 Å². The highest BCUT2D eigenvalue weighted by Gasteiger charge is 2.22. The molecule has 0 rings (SSSR count). The monoisotopic (exact) mass is 241 g/mol. The maximum atomic E-state index is 3.98. The van der Waals surface area contributed by atoms with E-state index in [9.17, 15) is 0 Å². The van der Waals surface area contributed by atoms with Crippen LogP contribution in [0.3, 0.4) is 0 Å². The minimum atomic E-state index is -1.14. The highest BCUT2D eigenvalue weighted by Crippen LogP contribution is 2.17. The Bertz CT molecular complexity index is 191. The van der Waals surface area contributed by atoms with E-state index in [-0.39, 0.29) is 0 Å². The molecule has 2 unspecified atom stereocenters. The lowest BCUT2D eigenvalue weighted by Crippen LogP contribution is -2.42. The molecule has 0 aromatic heterocycles. The van der Waals surface area contributed by atoms with E-state index in [1.54, 1.807) is 0 Å². The molecule has 0 heterocycles. The SMILES string of the molecule is C=C[Si](C)(C)CCN(C(C)CC)C(C)CC. The summed E-state index contributed by atoms with van der Waals surface area (Å²) in [6.07, 6.45) is 2.50. The Morgan fingerprint density at radius 1 is 1.12 bits per heavy atom.